The first-order chi connectivity index (χ1) is 17.3. The Bertz CT molecular complexity index is 1330. The van der Waals surface area contributed by atoms with E-state index < -0.39 is 40.1 Å². The van der Waals surface area contributed by atoms with Crippen LogP contribution in [0.4, 0.5) is 23.4 Å². The van der Waals surface area contributed by atoms with Crippen LogP contribution in [0.3, 0.4) is 0 Å². The van der Waals surface area contributed by atoms with Gasteiger partial charge in [-0.05, 0) is 55.7 Å². The highest BCUT2D eigenvalue weighted by Gasteiger charge is 2.34. The number of nitrogens with one attached hydrogen (secondary N) is 3. The van der Waals surface area contributed by atoms with Gasteiger partial charge in [-0.25, -0.2) is 23.3 Å². The van der Waals surface area contributed by atoms with Gasteiger partial charge in [0.1, 0.15) is 17.3 Å². The van der Waals surface area contributed by atoms with Crippen molar-refractivity contribution in [2.45, 2.75) is 45.5 Å². The summed E-state index contributed by atoms with van der Waals surface area (Å²) >= 11 is 0. The van der Waals surface area contributed by atoms with E-state index in [1.165, 1.54) is 12.1 Å². The minimum atomic E-state index is -4.61. The molecular weight excluding hydrogens is 518 g/mol. The summed E-state index contributed by atoms with van der Waals surface area (Å²) in [4.78, 5) is 17.3. The van der Waals surface area contributed by atoms with Gasteiger partial charge in [-0.3, -0.25) is 9.80 Å². The monoisotopic (exact) mass is 543 g/mol. The zero-order chi connectivity index (χ0) is 27.0. The third-order valence-electron chi connectivity index (χ3n) is 5.84. The fraction of sp³-hybridized carbons (Fsp3) is 0.409. The summed E-state index contributed by atoms with van der Waals surface area (Å²) in [5.41, 5.74) is 6.43. The van der Waals surface area contributed by atoms with E-state index in [2.05, 4.69) is 26.5 Å². The third kappa shape index (κ3) is 6.17. The van der Waals surface area contributed by atoms with Crippen molar-refractivity contribution in [1.29, 1.82) is 0 Å². The molecule has 2 aliphatic heterocycles. The number of alkyl halides is 3. The van der Waals surface area contributed by atoms with Crippen LogP contribution >= 0.6 is 0 Å². The topological polar surface area (TPSA) is 119 Å². The lowest BCUT2D eigenvalue weighted by molar-refractivity contribution is -0.130. The predicted octanol–water partition coefficient (Wildman–Crippen LogP) is 2.51. The van der Waals surface area contributed by atoms with Gasteiger partial charge in [0.05, 0.1) is 17.7 Å². The first-order valence-electron chi connectivity index (χ1n) is 11.4. The summed E-state index contributed by atoms with van der Waals surface area (Å²) in [6.07, 6.45) is -5.96. The van der Waals surface area contributed by atoms with E-state index in [9.17, 15) is 30.8 Å². The van der Waals surface area contributed by atoms with Crippen molar-refractivity contribution in [3.05, 3.63) is 58.5 Å². The number of carbonyl (C=O) groups excluding carboxylic acids is 1. The van der Waals surface area contributed by atoms with E-state index >= 15 is 0 Å². The minimum Gasteiger partial charge on any atom is -0.306 e. The highest BCUT2D eigenvalue weighted by atomic mass is 32.2. The van der Waals surface area contributed by atoms with Gasteiger partial charge in [-0.2, -0.15) is 17.5 Å². The maximum Gasteiger partial charge on any atom is 0.390 e. The number of aromatic nitrogens is 1. The molecule has 4 rings (SSSR count). The Morgan fingerprint density at radius 1 is 1.22 bits per heavy atom. The Morgan fingerprint density at radius 2 is 1.97 bits per heavy atom. The fourth-order valence-electron chi connectivity index (χ4n) is 3.94. The summed E-state index contributed by atoms with van der Waals surface area (Å²) < 4.78 is 78.2. The van der Waals surface area contributed by atoms with Gasteiger partial charge >= 0.3 is 6.18 Å². The normalized spacial score (nSPS) is 16.4. The Labute approximate surface area is 210 Å². The highest BCUT2D eigenvalue weighted by Crippen LogP contribution is 2.27. The molecule has 200 valence electrons. The van der Waals surface area contributed by atoms with Crippen LogP contribution in [0.2, 0.25) is 0 Å². The number of hydrazine groups is 2. The molecule has 1 amide bonds. The van der Waals surface area contributed by atoms with E-state index in [0.29, 0.717) is 22.7 Å². The molecule has 1 aromatic carbocycles. The molecule has 0 spiro atoms. The van der Waals surface area contributed by atoms with E-state index in [-0.39, 0.29) is 36.9 Å². The number of fused-ring (bicyclic) bond motifs is 1. The van der Waals surface area contributed by atoms with Crippen molar-refractivity contribution in [3.8, 4) is 0 Å². The average molecular weight is 544 g/mol. The van der Waals surface area contributed by atoms with E-state index in [4.69, 9.17) is 0 Å². The molecule has 0 aliphatic carbocycles. The van der Waals surface area contributed by atoms with Crippen molar-refractivity contribution in [3.63, 3.8) is 0 Å². The van der Waals surface area contributed by atoms with Crippen LogP contribution in [-0.4, -0.2) is 59.0 Å². The molecule has 2 aromatic rings. The van der Waals surface area contributed by atoms with Crippen molar-refractivity contribution >= 4 is 27.6 Å². The summed E-state index contributed by atoms with van der Waals surface area (Å²) in [6.45, 7) is 3.54. The number of sulfonamides is 1. The van der Waals surface area contributed by atoms with Crippen molar-refractivity contribution < 1.29 is 30.8 Å². The Hall–Kier alpha value is -3.30. The van der Waals surface area contributed by atoms with Gasteiger partial charge in [0.25, 0.3) is 5.91 Å². The van der Waals surface area contributed by atoms with Crippen LogP contribution in [0.25, 0.3) is 0 Å². The number of rotatable bonds is 7. The quantitative estimate of drug-likeness (QED) is 0.459. The van der Waals surface area contributed by atoms with Crippen molar-refractivity contribution in [2.75, 3.05) is 17.6 Å². The van der Waals surface area contributed by atoms with Crippen LogP contribution in [-0.2, 0) is 23.0 Å². The standard InChI is InChI=1S/C22H25F4N7O3S/c1-13(2)33-20(29-30-31-33)18-4-3-5-19(27-18)28-21(34)16-10-15-12-32(8-6-14(15)11-17(16)23)37(35,36)9-7-22(24,25)26/h3-5,10-11,13,30-31H,6-9,12H2,1-2H3,(H,27,28,34). The summed E-state index contributed by atoms with van der Waals surface area (Å²) in [7, 11) is -4.19. The molecular formula is C22H25F4N7O3S. The second-order valence-electron chi connectivity index (χ2n) is 8.85. The fourth-order valence-corrected chi connectivity index (χ4v) is 5.40. The predicted molar refractivity (Wildman–Crippen MR) is 127 cm³/mol. The third-order valence-corrected chi connectivity index (χ3v) is 7.66. The number of hydrazone groups is 1. The van der Waals surface area contributed by atoms with Gasteiger partial charge in [0, 0.05) is 19.1 Å². The second kappa shape index (κ2) is 10.2. The molecule has 15 heteroatoms. The van der Waals surface area contributed by atoms with Gasteiger partial charge in [-0.1, -0.05) is 6.07 Å². The van der Waals surface area contributed by atoms with Gasteiger partial charge in [-0.15, -0.1) is 10.6 Å². The van der Waals surface area contributed by atoms with Gasteiger partial charge < -0.3 is 5.32 Å². The van der Waals surface area contributed by atoms with E-state index in [1.807, 2.05) is 13.8 Å². The number of halogens is 4. The molecule has 0 atom stereocenters. The molecule has 1 aromatic heterocycles. The number of anilines is 1. The molecule has 3 heterocycles. The largest absolute Gasteiger partial charge is 0.390 e. The number of hydrogen-bond donors (Lipinski definition) is 3. The second-order valence-corrected chi connectivity index (χ2v) is 10.9. The zero-order valence-corrected chi connectivity index (χ0v) is 20.7. The molecule has 2 aliphatic rings. The Morgan fingerprint density at radius 3 is 2.68 bits per heavy atom. The van der Waals surface area contributed by atoms with E-state index in [1.54, 1.807) is 17.1 Å². The first-order valence-corrected chi connectivity index (χ1v) is 13.0. The van der Waals surface area contributed by atoms with Crippen LogP contribution in [0.15, 0.2) is 35.4 Å². The SMILES string of the molecule is CC(C)N1NNN=C1c1cccc(NC(=O)c2cc3c(cc2F)CCN(S(=O)(=O)CCC(F)(F)F)C3)n1. The number of nitrogens with zero attached hydrogens (tertiary/aromatic N) is 4. The number of pyridine rings is 1. The maximum absolute atomic E-state index is 14.8. The molecule has 10 nitrogen and oxygen atoms in total. The van der Waals surface area contributed by atoms with E-state index in [0.717, 1.165) is 10.4 Å². The molecule has 0 saturated carbocycles. The van der Waals surface area contributed by atoms with Gasteiger partial charge in [0.2, 0.25) is 10.0 Å². The number of carbonyl (C=O) groups is 1. The van der Waals surface area contributed by atoms with Crippen molar-refractivity contribution in [1.82, 2.24) is 25.4 Å². The van der Waals surface area contributed by atoms with Crippen molar-refractivity contribution in [2.24, 2.45) is 5.10 Å². The first kappa shape index (κ1) is 26.8. The van der Waals surface area contributed by atoms with Gasteiger partial charge in [0.15, 0.2) is 5.84 Å². The summed E-state index contributed by atoms with van der Waals surface area (Å²) in [5, 5.41) is 8.39. The Kier molecular flexibility index (Phi) is 7.39. The number of benzene rings is 1. The lowest BCUT2D eigenvalue weighted by Crippen LogP contribution is -2.45. The molecule has 0 bridgehead atoms. The average Bonchev–Trinajstić information content (AvgIpc) is 3.32. The minimum absolute atomic E-state index is 0.0373. The molecule has 0 unspecified atom stereocenters. The number of amides is 1. The van der Waals surface area contributed by atoms with Crippen LogP contribution in [0.1, 0.15) is 47.4 Å². The molecule has 0 saturated heterocycles. The molecule has 3 N–H and O–H groups in total. The lowest BCUT2D eigenvalue weighted by atomic mass is 9.97. The maximum atomic E-state index is 14.8. The summed E-state index contributed by atoms with van der Waals surface area (Å²) in [5.74, 6) is -2.08. The number of hydrogen-bond acceptors (Lipinski definition) is 8. The smallest absolute Gasteiger partial charge is 0.306 e. The summed E-state index contributed by atoms with van der Waals surface area (Å²) in [6, 6.07) is 7.26. The lowest BCUT2D eigenvalue weighted by Gasteiger charge is -2.28. The molecule has 0 radical (unpaired) electrons. The number of amidine groups is 1. The molecule has 0 fully saturated rings. The zero-order valence-electron chi connectivity index (χ0n) is 19.9. The highest BCUT2D eigenvalue weighted by molar-refractivity contribution is 7.89. The van der Waals surface area contributed by atoms with Crippen LogP contribution in [0, 0.1) is 5.82 Å². The Balaban J connectivity index is 1.51. The molecule has 37 heavy (non-hydrogen) atoms. The van der Waals surface area contributed by atoms with Crippen LogP contribution in [0.5, 0.6) is 0 Å². The van der Waals surface area contributed by atoms with Crippen LogP contribution < -0.4 is 16.4 Å².